The highest BCUT2D eigenvalue weighted by atomic mass is 16.5. The lowest BCUT2D eigenvalue weighted by Crippen LogP contribution is -2.43. The van der Waals surface area contributed by atoms with Crippen molar-refractivity contribution in [2.75, 3.05) is 13.7 Å². The predicted molar refractivity (Wildman–Crippen MR) is 67.2 cm³/mol. The summed E-state index contributed by atoms with van der Waals surface area (Å²) in [4.78, 5) is 0. The third kappa shape index (κ3) is 6.16. The van der Waals surface area contributed by atoms with Crippen LogP contribution in [0.4, 0.5) is 0 Å². The monoisotopic (exact) mass is 215 g/mol. The molecular weight excluding hydrogens is 186 g/mol. The summed E-state index contributed by atoms with van der Waals surface area (Å²) in [5.41, 5.74) is 0. The van der Waals surface area contributed by atoms with Gasteiger partial charge in [-0.2, -0.15) is 0 Å². The van der Waals surface area contributed by atoms with Gasteiger partial charge < -0.3 is 10.1 Å². The molecule has 0 aliphatic rings. The van der Waals surface area contributed by atoms with E-state index in [1.54, 1.807) is 7.11 Å². The van der Waals surface area contributed by atoms with E-state index in [4.69, 9.17) is 4.74 Å². The van der Waals surface area contributed by atoms with Crippen molar-refractivity contribution >= 4 is 0 Å². The van der Waals surface area contributed by atoms with Gasteiger partial charge in [-0.05, 0) is 25.2 Å². The second-order valence-corrected chi connectivity index (χ2v) is 4.97. The molecular formula is C13H29NO. The summed E-state index contributed by atoms with van der Waals surface area (Å²) < 4.78 is 5.15. The molecule has 0 aromatic rings. The third-order valence-corrected chi connectivity index (χ3v) is 3.41. The van der Waals surface area contributed by atoms with Crippen molar-refractivity contribution in [2.24, 2.45) is 11.8 Å². The van der Waals surface area contributed by atoms with Gasteiger partial charge in [0.05, 0.1) is 0 Å². The van der Waals surface area contributed by atoms with Crippen molar-refractivity contribution in [2.45, 2.75) is 59.5 Å². The molecule has 3 atom stereocenters. The van der Waals surface area contributed by atoms with Gasteiger partial charge in [-0.3, -0.25) is 0 Å². The molecule has 0 fully saturated rings. The minimum absolute atomic E-state index is 0.578. The highest BCUT2D eigenvalue weighted by Gasteiger charge is 2.18. The molecule has 92 valence electrons. The Labute approximate surface area is 95.8 Å². The Morgan fingerprint density at radius 1 is 1.13 bits per heavy atom. The minimum atomic E-state index is 0.578. The lowest BCUT2D eigenvalue weighted by Gasteiger charge is -2.29. The number of rotatable bonds is 8. The number of ether oxygens (including phenoxy) is 1. The first-order valence-electron chi connectivity index (χ1n) is 6.27. The van der Waals surface area contributed by atoms with Crippen LogP contribution < -0.4 is 5.32 Å². The fourth-order valence-electron chi connectivity index (χ4n) is 1.71. The quantitative estimate of drug-likeness (QED) is 0.672. The number of methoxy groups -OCH3 is 1. The highest BCUT2D eigenvalue weighted by Crippen LogP contribution is 2.12. The lowest BCUT2D eigenvalue weighted by molar-refractivity contribution is 0.166. The van der Waals surface area contributed by atoms with Crippen LogP contribution in [0.3, 0.4) is 0 Å². The van der Waals surface area contributed by atoms with Crippen LogP contribution >= 0.6 is 0 Å². The third-order valence-electron chi connectivity index (χ3n) is 3.41. The maximum absolute atomic E-state index is 5.15. The van der Waals surface area contributed by atoms with Crippen molar-refractivity contribution < 1.29 is 4.74 Å². The van der Waals surface area contributed by atoms with E-state index in [1.165, 1.54) is 6.42 Å². The first kappa shape index (κ1) is 14.9. The van der Waals surface area contributed by atoms with E-state index in [0.29, 0.717) is 18.0 Å². The van der Waals surface area contributed by atoms with Gasteiger partial charge in [0, 0.05) is 25.8 Å². The maximum atomic E-state index is 5.15. The van der Waals surface area contributed by atoms with Gasteiger partial charge in [-0.1, -0.05) is 34.1 Å². The molecule has 3 unspecified atom stereocenters. The molecule has 2 nitrogen and oxygen atoms in total. The van der Waals surface area contributed by atoms with Gasteiger partial charge >= 0.3 is 0 Å². The van der Waals surface area contributed by atoms with Crippen molar-refractivity contribution in [1.29, 1.82) is 0 Å². The highest BCUT2D eigenvalue weighted by molar-refractivity contribution is 4.76. The molecule has 0 aromatic carbocycles. The van der Waals surface area contributed by atoms with E-state index in [9.17, 15) is 0 Å². The van der Waals surface area contributed by atoms with Gasteiger partial charge in [0.15, 0.2) is 0 Å². The second kappa shape index (κ2) is 8.12. The van der Waals surface area contributed by atoms with E-state index in [2.05, 4.69) is 39.9 Å². The molecule has 0 aliphatic carbocycles. The van der Waals surface area contributed by atoms with Crippen LogP contribution in [0, 0.1) is 11.8 Å². The molecule has 0 saturated carbocycles. The van der Waals surface area contributed by atoms with Gasteiger partial charge in [-0.25, -0.2) is 0 Å². The normalized spacial score (nSPS) is 17.8. The molecule has 2 heteroatoms. The Hall–Kier alpha value is -0.0800. The summed E-state index contributed by atoms with van der Waals surface area (Å²) in [7, 11) is 1.77. The zero-order valence-corrected chi connectivity index (χ0v) is 11.3. The van der Waals surface area contributed by atoms with E-state index >= 15 is 0 Å². The smallest absolute Gasteiger partial charge is 0.0477 e. The predicted octanol–water partition coefficient (Wildman–Crippen LogP) is 3.07. The van der Waals surface area contributed by atoms with Gasteiger partial charge in [0.1, 0.15) is 0 Å². The average Bonchev–Trinajstić information content (AvgIpc) is 2.22. The molecule has 0 bridgehead atoms. The van der Waals surface area contributed by atoms with E-state index < -0.39 is 0 Å². The SMILES string of the molecule is CCC(C)C(C)NC(CCOC)C(C)C. The first-order chi connectivity index (χ1) is 7.02. The maximum Gasteiger partial charge on any atom is 0.0477 e. The Balaban J connectivity index is 4.03. The Bertz CT molecular complexity index is 147. The summed E-state index contributed by atoms with van der Waals surface area (Å²) in [5, 5.41) is 3.72. The zero-order chi connectivity index (χ0) is 11.8. The van der Waals surface area contributed by atoms with Crippen molar-refractivity contribution in [3.05, 3.63) is 0 Å². The zero-order valence-electron chi connectivity index (χ0n) is 11.3. The number of nitrogens with one attached hydrogen (secondary N) is 1. The summed E-state index contributed by atoms with van der Waals surface area (Å²) in [6.45, 7) is 12.3. The molecule has 0 aromatic heterocycles. The standard InChI is InChI=1S/C13H29NO/c1-7-11(4)12(5)14-13(10(2)3)8-9-15-6/h10-14H,7-9H2,1-6H3. The molecule has 0 saturated heterocycles. The van der Waals surface area contributed by atoms with Crippen LogP contribution in [-0.4, -0.2) is 25.8 Å². The van der Waals surface area contributed by atoms with Crippen molar-refractivity contribution in [3.8, 4) is 0 Å². The number of hydrogen-bond acceptors (Lipinski definition) is 2. The molecule has 0 radical (unpaired) electrons. The van der Waals surface area contributed by atoms with E-state index in [0.717, 1.165) is 18.9 Å². The molecule has 1 N–H and O–H groups in total. The Kier molecular flexibility index (Phi) is 8.07. The van der Waals surface area contributed by atoms with Crippen LogP contribution in [-0.2, 0) is 4.74 Å². The Morgan fingerprint density at radius 3 is 2.13 bits per heavy atom. The van der Waals surface area contributed by atoms with Crippen LogP contribution in [0.1, 0.15) is 47.5 Å². The molecule has 0 spiro atoms. The van der Waals surface area contributed by atoms with Crippen LogP contribution in [0.2, 0.25) is 0 Å². The molecule has 0 amide bonds. The van der Waals surface area contributed by atoms with Gasteiger partial charge in [-0.15, -0.1) is 0 Å². The summed E-state index contributed by atoms with van der Waals surface area (Å²) in [6.07, 6.45) is 2.35. The van der Waals surface area contributed by atoms with Crippen LogP contribution in [0.15, 0.2) is 0 Å². The lowest BCUT2D eigenvalue weighted by atomic mass is 9.95. The fourth-order valence-corrected chi connectivity index (χ4v) is 1.71. The van der Waals surface area contributed by atoms with Crippen molar-refractivity contribution in [3.63, 3.8) is 0 Å². The molecule has 0 aliphatic heterocycles. The number of hydrogen-bond donors (Lipinski definition) is 1. The van der Waals surface area contributed by atoms with E-state index in [-0.39, 0.29) is 0 Å². The minimum Gasteiger partial charge on any atom is -0.385 e. The van der Waals surface area contributed by atoms with Gasteiger partial charge in [0.2, 0.25) is 0 Å². The fraction of sp³-hybridized carbons (Fsp3) is 1.00. The summed E-state index contributed by atoms with van der Waals surface area (Å²) in [6, 6.07) is 1.17. The summed E-state index contributed by atoms with van der Waals surface area (Å²) in [5.74, 6) is 1.42. The first-order valence-corrected chi connectivity index (χ1v) is 6.27. The van der Waals surface area contributed by atoms with E-state index in [1.807, 2.05) is 0 Å². The summed E-state index contributed by atoms with van der Waals surface area (Å²) >= 11 is 0. The van der Waals surface area contributed by atoms with Gasteiger partial charge in [0.25, 0.3) is 0 Å². The molecule has 0 heterocycles. The van der Waals surface area contributed by atoms with Crippen LogP contribution in [0.25, 0.3) is 0 Å². The van der Waals surface area contributed by atoms with Crippen molar-refractivity contribution in [1.82, 2.24) is 5.32 Å². The van der Waals surface area contributed by atoms with Crippen LogP contribution in [0.5, 0.6) is 0 Å². The molecule has 15 heavy (non-hydrogen) atoms. The molecule has 0 rings (SSSR count). The second-order valence-electron chi connectivity index (χ2n) is 4.97. The largest absolute Gasteiger partial charge is 0.385 e. The Morgan fingerprint density at radius 2 is 1.73 bits per heavy atom. The average molecular weight is 215 g/mol. The topological polar surface area (TPSA) is 21.3 Å².